The third-order valence-electron chi connectivity index (χ3n) is 4.38. The monoisotopic (exact) mass is 377 g/mol. The molecule has 0 aromatic heterocycles. The van der Waals surface area contributed by atoms with Crippen LogP contribution in [0, 0.1) is 0 Å². The van der Waals surface area contributed by atoms with Crippen molar-refractivity contribution < 1.29 is 13.6 Å². The Bertz CT molecular complexity index is 729. The highest BCUT2D eigenvalue weighted by Crippen LogP contribution is 2.28. The van der Waals surface area contributed by atoms with Crippen molar-refractivity contribution in [1.29, 1.82) is 0 Å². The highest BCUT2D eigenvalue weighted by atomic mass is 19.3. The number of anilines is 1. The van der Waals surface area contributed by atoms with Crippen molar-refractivity contribution in [3.8, 4) is 0 Å². The number of hydrogen-bond acceptors (Lipinski definition) is 5. The number of halogens is 2. The Labute approximate surface area is 157 Å². The second-order valence-electron chi connectivity index (χ2n) is 6.24. The minimum Gasteiger partial charge on any atom is -0.403 e. The molecule has 0 bridgehead atoms. The summed E-state index contributed by atoms with van der Waals surface area (Å²) in [5.41, 5.74) is 13.3. The molecule has 8 heteroatoms. The average Bonchev–Trinajstić information content (AvgIpc) is 2.67. The maximum Gasteiger partial charge on any atom is 0.270 e. The van der Waals surface area contributed by atoms with Crippen molar-refractivity contribution in [2.24, 2.45) is 11.5 Å². The van der Waals surface area contributed by atoms with Crippen LogP contribution in [0.25, 0.3) is 0 Å². The van der Waals surface area contributed by atoms with Crippen molar-refractivity contribution in [3.05, 3.63) is 66.3 Å². The van der Waals surface area contributed by atoms with Gasteiger partial charge in [0.25, 0.3) is 5.92 Å². The van der Waals surface area contributed by atoms with Gasteiger partial charge in [-0.3, -0.25) is 4.79 Å². The largest absolute Gasteiger partial charge is 0.403 e. The van der Waals surface area contributed by atoms with Crippen LogP contribution in [0.2, 0.25) is 0 Å². The zero-order valence-corrected chi connectivity index (χ0v) is 15.3. The Hall–Kier alpha value is -3.03. The number of carbonyl (C=O) groups excluding carboxylic acids is 1. The number of benzene rings is 1. The van der Waals surface area contributed by atoms with Crippen LogP contribution in [0.15, 0.2) is 60.7 Å². The van der Waals surface area contributed by atoms with Crippen LogP contribution in [0.4, 0.5) is 14.5 Å². The standard InChI is InChI=1S/C19H25F2N5O/c1-3-18(27)26-10-8-25(9-11-26)17(13-23)16(12-22)24-15-6-4-14(5-7-15)19(2,20)21/h3-7,12-13,24H,1,8-11,22-23H2,2H3/b16-12+,17-13+. The first-order chi connectivity index (χ1) is 12.8. The first-order valence-corrected chi connectivity index (χ1v) is 8.56. The molecule has 5 N–H and O–H groups in total. The summed E-state index contributed by atoms with van der Waals surface area (Å²) in [7, 11) is 0. The van der Waals surface area contributed by atoms with Gasteiger partial charge in [0, 0.05) is 56.8 Å². The van der Waals surface area contributed by atoms with E-state index >= 15 is 0 Å². The minimum absolute atomic E-state index is 0.0658. The van der Waals surface area contributed by atoms with Gasteiger partial charge in [-0.1, -0.05) is 18.7 Å². The fraction of sp³-hybridized carbons (Fsp3) is 0.316. The number of carbonyl (C=O) groups is 1. The minimum atomic E-state index is -2.89. The summed E-state index contributed by atoms with van der Waals surface area (Å²) in [4.78, 5) is 15.4. The molecular weight excluding hydrogens is 352 g/mol. The molecule has 1 amide bonds. The lowest BCUT2D eigenvalue weighted by molar-refractivity contribution is -0.127. The summed E-state index contributed by atoms with van der Waals surface area (Å²) < 4.78 is 26.7. The molecule has 0 aliphatic carbocycles. The van der Waals surface area contributed by atoms with E-state index in [1.54, 1.807) is 17.0 Å². The Morgan fingerprint density at radius 3 is 2.11 bits per heavy atom. The molecule has 1 aromatic rings. The van der Waals surface area contributed by atoms with Crippen molar-refractivity contribution >= 4 is 11.6 Å². The number of nitrogens with one attached hydrogen (secondary N) is 1. The Morgan fingerprint density at radius 2 is 1.67 bits per heavy atom. The molecule has 1 saturated heterocycles. The third kappa shape index (κ3) is 4.99. The van der Waals surface area contributed by atoms with Crippen molar-refractivity contribution in [2.45, 2.75) is 12.8 Å². The average molecular weight is 377 g/mol. The number of alkyl halides is 2. The van der Waals surface area contributed by atoms with Gasteiger partial charge in [-0.15, -0.1) is 0 Å². The molecule has 6 nitrogen and oxygen atoms in total. The van der Waals surface area contributed by atoms with Crippen molar-refractivity contribution in [3.63, 3.8) is 0 Å². The van der Waals surface area contributed by atoms with Crippen LogP contribution in [-0.2, 0) is 10.7 Å². The van der Waals surface area contributed by atoms with Gasteiger partial charge in [0.15, 0.2) is 0 Å². The second-order valence-corrected chi connectivity index (χ2v) is 6.24. The van der Waals surface area contributed by atoms with E-state index in [0.717, 1.165) is 6.92 Å². The van der Waals surface area contributed by atoms with Gasteiger partial charge in [0.05, 0.1) is 11.4 Å². The van der Waals surface area contributed by atoms with Crippen LogP contribution >= 0.6 is 0 Å². The molecule has 0 saturated carbocycles. The van der Waals surface area contributed by atoms with Gasteiger partial charge < -0.3 is 26.6 Å². The normalized spacial score (nSPS) is 16.3. The fourth-order valence-corrected chi connectivity index (χ4v) is 2.86. The van der Waals surface area contributed by atoms with Crippen molar-refractivity contribution in [2.75, 3.05) is 31.5 Å². The van der Waals surface area contributed by atoms with Gasteiger partial charge >= 0.3 is 0 Å². The van der Waals surface area contributed by atoms with E-state index in [1.807, 2.05) is 4.90 Å². The van der Waals surface area contributed by atoms with Crippen LogP contribution in [-0.4, -0.2) is 41.9 Å². The molecule has 27 heavy (non-hydrogen) atoms. The smallest absolute Gasteiger partial charge is 0.270 e. The fourth-order valence-electron chi connectivity index (χ4n) is 2.86. The first kappa shape index (κ1) is 20.3. The van der Waals surface area contributed by atoms with E-state index in [1.165, 1.54) is 30.6 Å². The molecule has 1 fully saturated rings. The first-order valence-electron chi connectivity index (χ1n) is 8.56. The zero-order chi connectivity index (χ0) is 20.0. The molecule has 146 valence electrons. The lowest BCUT2D eigenvalue weighted by Crippen LogP contribution is -2.48. The van der Waals surface area contributed by atoms with E-state index in [2.05, 4.69) is 11.9 Å². The summed E-state index contributed by atoms with van der Waals surface area (Å²) in [5, 5.41) is 3.11. The molecule has 0 radical (unpaired) electrons. The van der Waals surface area contributed by atoms with E-state index in [9.17, 15) is 13.6 Å². The maximum atomic E-state index is 13.3. The van der Waals surface area contributed by atoms with Crippen LogP contribution in [0.1, 0.15) is 12.5 Å². The zero-order valence-electron chi connectivity index (χ0n) is 15.3. The molecule has 0 spiro atoms. The number of nitrogens with two attached hydrogens (primary N) is 2. The van der Waals surface area contributed by atoms with Crippen LogP contribution in [0.5, 0.6) is 0 Å². The number of amides is 1. The van der Waals surface area contributed by atoms with Gasteiger partial charge in [-0.2, -0.15) is 0 Å². The third-order valence-corrected chi connectivity index (χ3v) is 4.38. The second kappa shape index (κ2) is 8.57. The molecule has 1 aromatic carbocycles. The van der Waals surface area contributed by atoms with Gasteiger partial charge in [0.1, 0.15) is 0 Å². The van der Waals surface area contributed by atoms with Gasteiger partial charge in [-0.25, -0.2) is 8.78 Å². The molecule has 1 heterocycles. The van der Waals surface area contributed by atoms with E-state index in [-0.39, 0.29) is 11.5 Å². The Balaban J connectivity index is 2.07. The Kier molecular flexibility index (Phi) is 6.44. The quantitative estimate of drug-likeness (QED) is 0.522. The predicted octanol–water partition coefficient (Wildman–Crippen LogP) is 2.14. The highest BCUT2D eigenvalue weighted by molar-refractivity contribution is 5.87. The molecular formula is C19H25F2N5O. The van der Waals surface area contributed by atoms with E-state index in [4.69, 9.17) is 11.5 Å². The number of piperazine rings is 1. The molecule has 1 aliphatic heterocycles. The molecule has 0 unspecified atom stereocenters. The molecule has 2 rings (SSSR count). The van der Waals surface area contributed by atoms with Crippen LogP contribution in [0.3, 0.4) is 0 Å². The van der Waals surface area contributed by atoms with Crippen molar-refractivity contribution in [1.82, 2.24) is 9.80 Å². The number of hydrogen-bond donors (Lipinski definition) is 3. The molecule has 1 aliphatic rings. The van der Waals surface area contributed by atoms with Gasteiger partial charge in [0.2, 0.25) is 5.91 Å². The summed E-state index contributed by atoms with van der Waals surface area (Å²) >= 11 is 0. The van der Waals surface area contributed by atoms with E-state index in [0.29, 0.717) is 43.3 Å². The summed E-state index contributed by atoms with van der Waals surface area (Å²) in [6.45, 7) is 6.61. The summed E-state index contributed by atoms with van der Waals surface area (Å²) in [6.07, 6.45) is 4.11. The lowest BCUT2D eigenvalue weighted by atomic mass is 10.1. The van der Waals surface area contributed by atoms with E-state index < -0.39 is 5.92 Å². The predicted molar refractivity (Wildman–Crippen MR) is 103 cm³/mol. The number of nitrogens with zero attached hydrogens (tertiary/aromatic N) is 2. The molecule has 0 atom stereocenters. The van der Waals surface area contributed by atoms with Crippen LogP contribution < -0.4 is 16.8 Å². The maximum absolute atomic E-state index is 13.3. The summed E-state index contributed by atoms with van der Waals surface area (Å²) in [5.74, 6) is -3.00. The number of rotatable bonds is 6. The lowest BCUT2D eigenvalue weighted by Gasteiger charge is -2.37. The Morgan fingerprint density at radius 1 is 1.11 bits per heavy atom. The highest BCUT2D eigenvalue weighted by Gasteiger charge is 2.24. The van der Waals surface area contributed by atoms with Gasteiger partial charge in [-0.05, 0) is 18.2 Å². The topological polar surface area (TPSA) is 87.6 Å². The summed E-state index contributed by atoms with van der Waals surface area (Å²) in [6, 6.07) is 5.85. The SMILES string of the molecule is C=CC(=O)N1CCN(C(=C/N)/C(=C\N)Nc2ccc(C(C)(F)F)cc2)CC1.